The molecule has 6 nitrogen and oxygen atoms in total. The second-order valence-corrected chi connectivity index (χ2v) is 9.97. The number of nitrogens with one attached hydrogen (secondary N) is 2. The van der Waals surface area contributed by atoms with Gasteiger partial charge in [-0.05, 0) is 89.3 Å². The van der Waals surface area contributed by atoms with Gasteiger partial charge in [-0.2, -0.15) is 0 Å². The van der Waals surface area contributed by atoms with Gasteiger partial charge in [0.25, 0.3) is 11.8 Å². The zero-order valence-corrected chi connectivity index (χ0v) is 20.5. The summed E-state index contributed by atoms with van der Waals surface area (Å²) in [5, 5.41) is 5.49. The second kappa shape index (κ2) is 9.40. The van der Waals surface area contributed by atoms with Gasteiger partial charge in [0, 0.05) is 28.8 Å². The van der Waals surface area contributed by atoms with Gasteiger partial charge in [0.1, 0.15) is 17.2 Å². The van der Waals surface area contributed by atoms with Crippen LogP contribution < -0.4 is 10.6 Å². The maximum absolute atomic E-state index is 15.0. The van der Waals surface area contributed by atoms with Gasteiger partial charge in [0.05, 0.1) is 6.04 Å². The molecule has 0 radical (unpaired) electrons. The molecule has 2 fully saturated rings. The van der Waals surface area contributed by atoms with E-state index in [2.05, 4.69) is 10.6 Å². The summed E-state index contributed by atoms with van der Waals surface area (Å²) < 4.78 is 28.7. The van der Waals surface area contributed by atoms with Crippen LogP contribution in [0, 0.1) is 18.6 Å². The average molecular weight is 484 g/mol. The molecule has 2 aliphatic rings. The molecule has 1 saturated carbocycles. The summed E-state index contributed by atoms with van der Waals surface area (Å²) in [6.07, 6.45) is 2.72. The first-order valence-corrected chi connectivity index (χ1v) is 12.0. The van der Waals surface area contributed by atoms with Gasteiger partial charge < -0.3 is 15.5 Å². The third kappa shape index (κ3) is 5.06. The Balaban J connectivity index is 1.42. The lowest BCUT2D eigenvalue weighted by molar-refractivity contribution is -0.124. The quantitative estimate of drug-likeness (QED) is 0.638. The van der Waals surface area contributed by atoms with Crippen LogP contribution in [0.5, 0.6) is 0 Å². The van der Waals surface area contributed by atoms with Crippen LogP contribution in [0.2, 0.25) is 0 Å². The van der Waals surface area contributed by atoms with Crippen molar-refractivity contribution in [2.75, 3.05) is 0 Å². The van der Waals surface area contributed by atoms with E-state index < -0.39 is 35.0 Å². The van der Waals surface area contributed by atoms with Gasteiger partial charge in [0.15, 0.2) is 0 Å². The molecule has 1 aliphatic carbocycles. The molecule has 0 aromatic heterocycles. The highest BCUT2D eigenvalue weighted by Crippen LogP contribution is 2.37. The number of hydrogen-bond donors (Lipinski definition) is 2. The minimum atomic E-state index is -1.10. The first-order valence-electron chi connectivity index (χ1n) is 12.0. The number of carbonyl (C=O) groups is 3. The van der Waals surface area contributed by atoms with E-state index in [0.717, 1.165) is 18.9 Å². The standard InChI is InChI=1S/C27H31F2N3O3/c1-15-11-20(13-21(28)12-15)24(33)31-27(9-10-27)26(35)30-18(4)22-8-7-19(14-23(22)29)25(34)32-16(2)5-6-17(32)3/h7-8,11-14,16-18H,5-6,9-10H2,1-4H3,(H,30,35)(H,31,33)/t16?,17?,18-/m1/s1. The van der Waals surface area contributed by atoms with Crippen LogP contribution in [0.25, 0.3) is 0 Å². The van der Waals surface area contributed by atoms with Crippen LogP contribution in [-0.4, -0.2) is 40.2 Å². The SMILES string of the molecule is Cc1cc(F)cc(C(=O)NC2(C(=O)N[C@H](C)c3ccc(C(=O)N4C(C)CCC4C)cc3F)CC2)c1. The fraction of sp³-hybridized carbons (Fsp3) is 0.444. The van der Waals surface area contributed by atoms with Gasteiger partial charge >= 0.3 is 0 Å². The van der Waals surface area contributed by atoms with Crippen molar-refractivity contribution in [3.8, 4) is 0 Å². The minimum Gasteiger partial charge on any atom is -0.347 e. The first kappa shape index (κ1) is 24.8. The Morgan fingerprint density at radius 2 is 1.66 bits per heavy atom. The van der Waals surface area contributed by atoms with Crippen molar-refractivity contribution in [2.45, 2.75) is 77.0 Å². The molecule has 2 aromatic carbocycles. The first-order chi connectivity index (χ1) is 16.5. The highest BCUT2D eigenvalue weighted by atomic mass is 19.1. The van der Waals surface area contributed by atoms with Crippen LogP contribution >= 0.6 is 0 Å². The van der Waals surface area contributed by atoms with Crippen molar-refractivity contribution in [2.24, 2.45) is 0 Å². The van der Waals surface area contributed by atoms with E-state index in [0.29, 0.717) is 18.4 Å². The van der Waals surface area contributed by atoms with Crippen LogP contribution in [0.1, 0.15) is 84.3 Å². The Labute approximate surface area is 204 Å². The summed E-state index contributed by atoms with van der Waals surface area (Å²) in [4.78, 5) is 40.3. The molecular formula is C27H31F2N3O3. The normalized spacial score (nSPS) is 21.4. The van der Waals surface area contributed by atoms with Gasteiger partial charge in [0.2, 0.25) is 5.91 Å². The Morgan fingerprint density at radius 1 is 1.00 bits per heavy atom. The number of rotatable bonds is 6. The van der Waals surface area contributed by atoms with E-state index in [1.807, 2.05) is 13.8 Å². The Bertz CT molecular complexity index is 1150. The van der Waals surface area contributed by atoms with E-state index >= 15 is 0 Å². The summed E-state index contributed by atoms with van der Waals surface area (Å²) in [6.45, 7) is 7.31. The molecule has 1 heterocycles. The molecule has 3 atom stereocenters. The Hall–Kier alpha value is -3.29. The molecule has 1 aliphatic heterocycles. The van der Waals surface area contributed by atoms with Crippen molar-refractivity contribution < 1.29 is 23.2 Å². The minimum absolute atomic E-state index is 0.111. The maximum atomic E-state index is 15.0. The van der Waals surface area contributed by atoms with Crippen LogP contribution in [0.4, 0.5) is 8.78 Å². The predicted octanol–water partition coefficient (Wildman–Crippen LogP) is 4.43. The molecule has 2 unspecified atom stereocenters. The number of hydrogen-bond acceptors (Lipinski definition) is 3. The van der Waals surface area contributed by atoms with Crippen LogP contribution in [0.3, 0.4) is 0 Å². The van der Waals surface area contributed by atoms with E-state index in [1.54, 1.807) is 30.9 Å². The fourth-order valence-corrected chi connectivity index (χ4v) is 4.86. The lowest BCUT2D eigenvalue weighted by Crippen LogP contribution is -2.49. The summed E-state index contributed by atoms with van der Waals surface area (Å²) >= 11 is 0. The summed E-state index contributed by atoms with van der Waals surface area (Å²) in [6, 6.07) is 7.87. The molecule has 8 heteroatoms. The van der Waals surface area contributed by atoms with E-state index in [9.17, 15) is 23.2 Å². The van der Waals surface area contributed by atoms with Crippen molar-refractivity contribution in [3.05, 3.63) is 70.3 Å². The molecule has 4 rings (SSSR count). The van der Waals surface area contributed by atoms with Gasteiger partial charge in [-0.1, -0.05) is 6.07 Å². The number of halogens is 2. The molecule has 0 bridgehead atoms. The molecule has 1 saturated heterocycles. The highest BCUT2D eigenvalue weighted by Gasteiger charge is 2.51. The third-order valence-corrected chi connectivity index (χ3v) is 7.09. The third-order valence-electron chi connectivity index (χ3n) is 7.09. The second-order valence-electron chi connectivity index (χ2n) is 9.97. The number of benzene rings is 2. The van der Waals surface area contributed by atoms with Gasteiger partial charge in [-0.25, -0.2) is 8.78 Å². The lowest BCUT2D eigenvalue weighted by atomic mass is 10.0. The number of nitrogens with zero attached hydrogens (tertiary/aromatic N) is 1. The van der Waals surface area contributed by atoms with Gasteiger partial charge in [-0.15, -0.1) is 0 Å². The average Bonchev–Trinajstić information content (AvgIpc) is 3.49. The highest BCUT2D eigenvalue weighted by molar-refractivity contribution is 6.01. The predicted molar refractivity (Wildman–Crippen MR) is 128 cm³/mol. The van der Waals surface area contributed by atoms with Crippen molar-refractivity contribution in [1.29, 1.82) is 0 Å². The topological polar surface area (TPSA) is 78.5 Å². The lowest BCUT2D eigenvalue weighted by Gasteiger charge is -2.27. The van der Waals surface area contributed by atoms with Crippen molar-refractivity contribution in [1.82, 2.24) is 15.5 Å². The van der Waals surface area contributed by atoms with Gasteiger partial charge in [-0.3, -0.25) is 14.4 Å². The largest absolute Gasteiger partial charge is 0.347 e. The fourth-order valence-electron chi connectivity index (χ4n) is 4.86. The Kier molecular flexibility index (Phi) is 6.66. The maximum Gasteiger partial charge on any atom is 0.254 e. The molecule has 3 amide bonds. The van der Waals surface area contributed by atoms with Crippen LogP contribution in [0.15, 0.2) is 36.4 Å². The summed E-state index contributed by atoms with van der Waals surface area (Å²) in [5.41, 5.74) is 0.175. The monoisotopic (exact) mass is 483 g/mol. The van der Waals surface area contributed by atoms with E-state index in [-0.39, 0.29) is 34.7 Å². The molecule has 2 N–H and O–H groups in total. The van der Waals surface area contributed by atoms with Crippen LogP contribution in [-0.2, 0) is 4.79 Å². The number of aryl methyl sites for hydroxylation is 1. The van der Waals surface area contributed by atoms with E-state index in [1.165, 1.54) is 18.2 Å². The molecule has 186 valence electrons. The van der Waals surface area contributed by atoms with Crippen molar-refractivity contribution >= 4 is 17.7 Å². The number of amides is 3. The molecular weight excluding hydrogens is 452 g/mol. The zero-order chi connectivity index (χ0) is 25.5. The Morgan fingerprint density at radius 3 is 2.23 bits per heavy atom. The number of likely N-dealkylation sites (tertiary alicyclic amines) is 1. The molecule has 0 spiro atoms. The summed E-state index contributed by atoms with van der Waals surface area (Å²) in [7, 11) is 0. The molecule has 2 aromatic rings. The summed E-state index contributed by atoms with van der Waals surface area (Å²) in [5.74, 6) is -2.26. The zero-order valence-electron chi connectivity index (χ0n) is 20.5. The van der Waals surface area contributed by atoms with E-state index in [4.69, 9.17) is 0 Å². The molecule has 35 heavy (non-hydrogen) atoms. The number of carbonyl (C=O) groups excluding carboxylic acids is 3. The van der Waals surface area contributed by atoms with Crippen molar-refractivity contribution in [3.63, 3.8) is 0 Å². The smallest absolute Gasteiger partial charge is 0.254 e.